The lowest BCUT2D eigenvalue weighted by atomic mass is 10.2. The number of rotatable bonds is 6. The Kier molecular flexibility index (Phi) is 6.85. The van der Waals surface area contributed by atoms with Crippen molar-refractivity contribution in [2.75, 3.05) is 32.1 Å². The van der Waals surface area contributed by atoms with Crippen LogP contribution in [-0.2, 0) is 4.74 Å². The summed E-state index contributed by atoms with van der Waals surface area (Å²) in [5.74, 6) is 1.91. The van der Waals surface area contributed by atoms with Crippen LogP contribution in [0.3, 0.4) is 0 Å². The Morgan fingerprint density at radius 3 is 3.07 bits per heavy atom. The van der Waals surface area contributed by atoms with Gasteiger partial charge in [-0.2, -0.15) is 0 Å². The number of hydrogen-bond acceptors (Lipinski definition) is 4. The molecule has 1 rings (SSSR count). The van der Waals surface area contributed by atoms with E-state index in [2.05, 4.69) is 24.2 Å². The third-order valence-electron chi connectivity index (χ3n) is 2.22. The molecule has 1 unspecified atom stereocenters. The highest BCUT2D eigenvalue weighted by Crippen LogP contribution is 2.15. The van der Waals surface area contributed by atoms with E-state index in [0.717, 1.165) is 43.8 Å². The van der Waals surface area contributed by atoms with Crippen LogP contribution < -0.4 is 5.32 Å². The van der Waals surface area contributed by atoms with E-state index in [9.17, 15) is 0 Å². The monoisotopic (exact) mass is 230 g/mol. The fourth-order valence-corrected chi connectivity index (χ4v) is 2.16. The maximum absolute atomic E-state index is 5.46. The Labute approximate surface area is 97.1 Å². The smallest absolute Gasteiger partial charge is 0.156 e. The molecule has 0 aromatic heterocycles. The number of unbranched alkanes of at least 4 members (excludes halogenated alkanes) is 1. The standard InChI is InChI=1S/C11H22N2OS/c1-3-4-6-14-7-5-12-11-13-8-10(2)9-15-11/h10H,3-9H2,1-2H3,(H,12,13). The number of amidine groups is 1. The van der Waals surface area contributed by atoms with E-state index < -0.39 is 0 Å². The molecule has 1 aliphatic heterocycles. The van der Waals surface area contributed by atoms with Gasteiger partial charge in [-0.1, -0.05) is 32.0 Å². The molecule has 0 aromatic carbocycles. The summed E-state index contributed by atoms with van der Waals surface area (Å²) in [7, 11) is 0. The minimum atomic E-state index is 0.723. The second-order valence-corrected chi connectivity index (χ2v) is 4.96. The Morgan fingerprint density at radius 2 is 2.40 bits per heavy atom. The molecule has 0 aromatic rings. The lowest BCUT2D eigenvalue weighted by molar-refractivity contribution is 0.136. The predicted octanol–water partition coefficient (Wildman–Crippen LogP) is 2.13. The van der Waals surface area contributed by atoms with Gasteiger partial charge in [0.15, 0.2) is 5.17 Å². The van der Waals surface area contributed by atoms with E-state index in [1.165, 1.54) is 12.2 Å². The van der Waals surface area contributed by atoms with Gasteiger partial charge in [0, 0.05) is 25.4 Å². The van der Waals surface area contributed by atoms with Crippen LogP contribution in [-0.4, -0.2) is 37.2 Å². The van der Waals surface area contributed by atoms with Crippen molar-refractivity contribution < 1.29 is 4.74 Å². The lowest BCUT2D eigenvalue weighted by Gasteiger charge is -2.17. The second-order valence-electron chi connectivity index (χ2n) is 3.95. The normalized spacial score (nSPS) is 21.2. The minimum Gasteiger partial charge on any atom is -0.380 e. The maximum atomic E-state index is 5.46. The van der Waals surface area contributed by atoms with E-state index in [0.29, 0.717) is 0 Å². The van der Waals surface area contributed by atoms with E-state index in [-0.39, 0.29) is 0 Å². The van der Waals surface area contributed by atoms with Gasteiger partial charge in [-0.3, -0.25) is 4.99 Å². The van der Waals surface area contributed by atoms with Crippen LogP contribution in [0.15, 0.2) is 4.99 Å². The fourth-order valence-electron chi connectivity index (χ4n) is 1.24. The zero-order valence-electron chi connectivity index (χ0n) is 9.79. The molecule has 0 saturated carbocycles. The molecule has 4 heteroatoms. The van der Waals surface area contributed by atoms with Crippen molar-refractivity contribution in [1.82, 2.24) is 5.32 Å². The number of aliphatic imine (C=N–C) groups is 1. The highest BCUT2D eigenvalue weighted by Gasteiger charge is 2.10. The lowest BCUT2D eigenvalue weighted by Crippen LogP contribution is -2.29. The first-order valence-corrected chi connectivity index (χ1v) is 6.80. The maximum Gasteiger partial charge on any atom is 0.156 e. The summed E-state index contributed by atoms with van der Waals surface area (Å²) in [5.41, 5.74) is 0. The summed E-state index contributed by atoms with van der Waals surface area (Å²) in [5, 5.41) is 4.40. The van der Waals surface area contributed by atoms with Crippen molar-refractivity contribution in [1.29, 1.82) is 0 Å². The van der Waals surface area contributed by atoms with E-state index in [1.807, 2.05) is 11.8 Å². The van der Waals surface area contributed by atoms with Crippen molar-refractivity contribution in [3.05, 3.63) is 0 Å². The number of nitrogens with zero attached hydrogens (tertiary/aromatic N) is 1. The van der Waals surface area contributed by atoms with Gasteiger partial charge in [0.1, 0.15) is 0 Å². The number of hydrogen-bond donors (Lipinski definition) is 1. The summed E-state index contributed by atoms with van der Waals surface area (Å²) < 4.78 is 5.46. The van der Waals surface area contributed by atoms with Crippen LogP contribution in [0.5, 0.6) is 0 Å². The largest absolute Gasteiger partial charge is 0.380 e. The highest BCUT2D eigenvalue weighted by molar-refractivity contribution is 8.13. The molecule has 0 fully saturated rings. The van der Waals surface area contributed by atoms with Crippen molar-refractivity contribution >= 4 is 16.9 Å². The van der Waals surface area contributed by atoms with Gasteiger partial charge >= 0.3 is 0 Å². The van der Waals surface area contributed by atoms with Gasteiger partial charge in [-0.15, -0.1) is 0 Å². The van der Waals surface area contributed by atoms with E-state index in [1.54, 1.807) is 0 Å². The SMILES string of the molecule is CCCCOCCNC1=NCC(C)CS1. The van der Waals surface area contributed by atoms with Crippen molar-refractivity contribution in [3.8, 4) is 0 Å². The topological polar surface area (TPSA) is 33.6 Å². The van der Waals surface area contributed by atoms with Gasteiger partial charge < -0.3 is 10.1 Å². The molecule has 1 aliphatic rings. The van der Waals surface area contributed by atoms with Gasteiger partial charge in [-0.25, -0.2) is 0 Å². The van der Waals surface area contributed by atoms with Gasteiger partial charge in [0.25, 0.3) is 0 Å². The molecule has 15 heavy (non-hydrogen) atoms. The summed E-state index contributed by atoms with van der Waals surface area (Å²) in [6.07, 6.45) is 2.36. The first kappa shape index (κ1) is 12.8. The molecule has 1 heterocycles. The second kappa shape index (κ2) is 7.99. The molecule has 0 spiro atoms. The zero-order valence-corrected chi connectivity index (χ0v) is 10.6. The van der Waals surface area contributed by atoms with E-state index >= 15 is 0 Å². The molecular formula is C11H22N2OS. The number of ether oxygens (including phenoxy) is 1. The van der Waals surface area contributed by atoms with Crippen LogP contribution in [0, 0.1) is 5.92 Å². The molecule has 1 atom stereocenters. The fraction of sp³-hybridized carbons (Fsp3) is 0.909. The third-order valence-corrected chi connectivity index (χ3v) is 3.50. The Morgan fingerprint density at radius 1 is 1.53 bits per heavy atom. The Bertz CT molecular complexity index is 197. The van der Waals surface area contributed by atoms with Crippen LogP contribution in [0.4, 0.5) is 0 Å². The Balaban J connectivity index is 1.96. The average molecular weight is 230 g/mol. The van der Waals surface area contributed by atoms with Crippen LogP contribution in [0.2, 0.25) is 0 Å². The molecular weight excluding hydrogens is 208 g/mol. The minimum absolute atomic E-state index is 0.723. The number of thioether (sulfide) groups is 1. The van der Waals surface area contributed by atoms with Crippen LogP contribution >= 0.6 is 11.8 Å². The highest BCUT2D eigenvalue weighted by atomic mass is 32.2. The van der Waals surface area contributed by atoms with Gasteiger partial charge in [0.2, 0.25) is 0 Å². The first-order valence-electron chi connectivity index (χ1n) is 5.81. The van der Waals surface area contributed by atoms with Crippen LogP contribution in [0.25, 0.3) is 0 Å². The third kappa shape index (κ3) is 6.05. The van der Waals surface area contributed by atoms with E-state index in [4.69, 9.17) is 4.74 Å². The Hall–Kier alpha value is -0.220. The molecule has 88 valence electrons. The summed E-state index contributed by atoms with van der Waals surface area (Å²) in [4.78, 5) is 4.46. The zero-order chi connectivity index (χ0) is 10.9. The molecule has 1 N–H and O–H groups in total. The summed E-state index contributed by atoms with van der Waals surface area (Å²) in [6.45, 7) is 7.93. The van der Waals surface area contributed by atoms with Crippen molar-refractivity contribution in [2.24, 2.45) is 10.9 Å². The molecule has 0 saturated heterocycles. The predicted molar refractivity (Wildman–Crippen MR) is 67.7 cm³/mol. The first-order chi connectivity index (χ1) is 7.33. The average Bonchev–Trinajstić information content (AvgIpc) is 2.26. The molecule has 0 amide bonds. The van der Waals surface area contributed by atoms with Gasteiger partial charge in [-0.05, 0) is 12.3 Å². The molecule has 3 nitrogen and oxygen atoms in total. The van der Waals surface area contributed by atoms with Gasteiger partial charge in [0.05, 0.1) is 6.61 Å². The summed E-state index contributed by atoms with van der Waals surface area (Å²) in [6, 6.07) is 0. The number of nitrogens with one attached hydrogen (secondary N) is 1. The quantitative estimate of drug-likeness (QED) is 0.710. The molecule has 0 bridgehead atoms. The van der Waals surface area contributed by atoms with Crippen molar-refractivity contribution in [3.63, 3.8) is 0 Å². The van der Waals surface area contributed by atoms with Crippen molar-refractivity contribution in [2.45, 2.75) is 26.7 Å². The van der Waals surface area contributed by atoms with Crippen LogP contribution in [0.1, 0.15) is 26.7 Å². The summed E-state index contributed by atoms with van der Waals surface area (Å²) >= 11 is 1.82. The molecule has 0 aliphatic carbocycles. The molecule has 0 radical (unpaired) electrons.